The fraction of sp³-hybridized carbons (Fsp3) is 0.853. The molecule has 2 heterocycles. The van der Waals surface area contributed by atoms with Crippen molar-refractivity contribution in [3.63, 3.8) is 0 Å². The quantitative estimate of drug-likeness (QED) is 0.0792. The van der Waals surface area contributed by atoms with E-state index in [0.29, 0.717) is 45.2 Å². The third kappa shape index (κ3) is 8.56. The summed E-state index contributed by atoms with van der Waals surface area (Å²) in [6, 6.07) is -0.122. The Hall–Kier alpha value is -1.69. The van der Waals surface area contributed by atoms with Gasteiger partial charge >= 0.3 is 0 Å². The van der Waals surface area contributed by atoms with Crippen molar-refractivity contribution < 1.29 is 20.1 Å². The summed E-state index contributed by atoms with van der Waals surface area (Å²) in [4.78, 5) is 4.30. The lowest BCUT2D eigenvalue weighted by Gasteiger charge is -2.40. The molecule has 5 rings (SSSR count). The van der Waals surface area contributed by atoms with E-state index in [9.17, 15) is 15.3 Å². The molecule has 0 spiro atoms. The molecule has 6 atom stereocenters. The van der Waals surface area contributed by atoms with Crippen LogP contribution in [0.2, 0.25) is 0 Å². The topological polar surface area (TPSA) is 136 Å². The summed E-state index contributed by atoms with van der Waals surface area (Å²) in [5.41, 5.74) is -1.08. The van der Waals surface area contributed by atoms with Crippen LogP contribution >= 0.6 is 0 Å². The average Bonchev–Trinajstić information content (AvgIpc) is 3.55. The summed E-state index contributed by atoms with van der Waals surface area (Å²) >= 11 is 0. The van der Waals surface area contributed by atoms with Gasteiger partial charge in [0.2, 0.25) is 0 Å². The molecule has 10 nitrogen and oxygen atoms in total. The van der Waals surface area contributed by atoms with Crippen LogP contribution in [0.3, 0.4) is 0 Å². The van der Waals surface area contributed by atoms with E-state index >= 15 is 0 Å². The second kappa shape index (κ2) is 15.3. The van der Waals surface area contributed by atoms with E-state index in [1.165, 1.54) is 57.6 Å². The largest absolute Gasteiger partial charge is 0.380 e. The van der Waals surface area contributed by atoms with Crippen LogP contribution in [0.15, 0.2) is 24.2 Å². The smallest absolute Gasteiger partial charge is 0.135 e. The molecule has 1 saturated heterocycles. The van der Waals surface area contributed by atoms with Crippen molar-refractivity contribution >= 4 is 6.21 Å². The van der Waals surface area contributed by atoms with Gasteiger partial charge in [-0.15, -0.1) is 0 Å². The van der Waals surface area contributed by atoms with Crippen molar-refractivity contribution in [3.05, 3.63) is 24.2 Å². The Bertz CT molecular complexity index is 979. The van der Waals surface area contributed by atoms with Gasteiger partial charge in [0, 0.05) is 36.7 Å². The molecule has 7 N–H and O–H groups in total. The first-order chi connectivity index (χ1) is 21.2. The molecule has 3 aliphatic carbocycles. The Morgan fingerprint density at radius 3 is 2.55 bits per heavy atom. The van der Waals surface area contributed by atoms with E-state index in [0.717, 1.165) is 43.6 Å². The molecule has 250 valence electrons. The minimum absolute atomic E-state index is 0.122. The number of ether oxygens (including phenoxy) is 1. The van der Waals surface area contributed by atoms with Crippen LogP contribution in [0.5, 0.6) is 0 Å². The first kappa shape index (κ1) is 33.7. The van der Waals surface area contributed by atoms with E-state index in [1.54, 1.807) is 0 Å². The number of likely N-dealkylation sites (tertiary alicyclic amines) is 1. The third-order valence-electron chi connectivity index (χ3n) is 11.2. The maximum absolute atomic E-state index is 11.5. The van der Waals surface area contributed by atoms with Gasteiger partial charge in [0.1, 0.15) is 24.5 Å². The van der Waals surface area contributed by atoms with Gasteiger partial charge in [-0.25, -0.2) is 0 Å². The Labute approximate surface area is 265 Å². The van der Waals surface area contributed by atoms with Crippen LogP contribution in [0.25, 0.3) is 0 Å². The molecule has 2 saturated carbocycles. The minimum Gasteiger partial charge on any atom is -0.380 e. The number of aliphatic hydroxyl groups is 3. The molecule has 3 fully saturated rings. The molecule has 44 heavy (non-hydrogen) atoms. The number of aliphatic hydroxyl groups excluding tert-OH is 3. The fourth-order valence-corrected chi connectivity index (χ4v) is 7.88. The molecule has 0 aromatic heterocycles. The van der Waals surface area contributed by atoms with Crippen LogP contribution in [-0.4, -0.2) is 95.6 Å². The van der Waals surface area contributed by atoms with Gasteiger partial charge in [-0.1, -0.05) is 58.1 Å². The SMILES string of the molecule is CC(C)(CC=N)C(O)NC1C[C@@]1(COCC1C=CCCC1)C(O)NC1=CN(CC(O)N2CCC(C3CCCCC3)CC2)CN1. The number of rotatable bonds is 16. The maximum atomic E-state index is 11.5. The van der Waals surface area contributed by atoms with Crippen LogP contribution in [0.4, 0.5) is 0 Å². The standard InChI is InChI=1S/C34H60N6O4/c1-33(2,15-16-35)31(42)37-28-19-34(28,23-44-22-25-9-5-3-6-10-25)32(43)38-29-20-39(24-36-29)21-30(41)40-17-13-27(14-18-40)26-11-7-4-8-12-26/h5,9,16,20,25-28,30-32,35-38,41-43H,3-4,6-8,10-15,17-19,21-24H2,1-2H3/t25?,28?,30?,31?,32?,34-/m0/s1. The van der Waals surface area contributed by atoms with E-state index in [4.69, 9.17) is 10.1 Å². The Kier molecular flexibility index (Phi) is 11.7. The molecule has 0 bridgehead atoms. The van der Waals surface area contributed by atoms with E-state index in [-0.39, 0.29) is 6.04 Å². The van der Waals surface area contributed by atoms with Gasteiger partial charge in [-0.3, -0.25) is 10.2 Å². The minimum atomic E-state index is -0.887. The van der Waals surface area contributed by atoms with E-state index in [1.807, 2.05) is 20.0 Å². The lowest BCUT2D eigenvalue weighted by Crippen LogP contribution is -2.49. The highest BCUT2D eigenvalue weighted by atomic mass is 16.5. The fourth-order valence-electron chi connectivity index (χ4n) is 7.88. The number of allylic oxidation sites excluding steroid dienone is 1. The molecule has 5 aliphatic rings. The molecule has 5 unspecified atom stereocenters. The van der Waals surface area contributed by atoms with Crippen molar-refractivity contribution in [2.75, 3.05) is 39.5 Å². The van der Waals surface area contributed by atoms with Crippen LogP contribution in [0.1, 0.15) is 90.9 Å². The number of piperidine rings is 1. The first-order valence-electron chi connectivity index (χ1n) is 17.4. The molecular formula is C34H60N6O4. The van der Waals surface area contributed by atoms with Crippen LogP contribution < -0.4 is 16.0 Å². The van der Waals surface area contributed by atoms with Gasteiger partial charge < -0.3 is 41.0 Å². The highest BCUT2D eigenvalue weighted by Gasteiger charge is 2.60. The van der Waals surface area contributed by atoms with Crippen molar-refractivity contribution in [1.82, 2.24) is 25.8 Å². The zero-order valence-electron chi connectivity index (χ0n) is 27.2. The summed E-state index contributed by atoms with van der Waals surface area (Å²) in [6.45, 7) is 7.91. The monoisotopic (exact) mass is 616 g/mol. The maximum Gasteiger partial charge on any atom is 0.135 e. The molecule has 0 radical (unpaired) electrons. The highest BCUT2D eigenvalue weighted by Crippen LogP contribution is 2.50. The van der Waals surface area contributed by atoms with Gasteiger partial charge in [-0.05, 0) is 63.0 Å². The predicted octanol–water partition coefficient (Wildman–Crippen LogP) is 3.27. The van der Waals surface area contributed by atoms with Gasteiger partial charge in [0.15, 0.2) is 0 Å². The number of hydrogen-bond acceptors (Lipinski definition) is 10. The van der Waals surface area contributed by atoms with Crippen molar-refractivity contribution in [3.8, 4) is 0 Å². The highest BCUT2D eigenvalue weighted by molar-refractivity contribution is 5.54. The Balaban J connectivity index is 1.12. The summed E-state index contributed by atoms with van der Waals surface area (Å²) < 4.78 is 6.22. The van der Waals surface area contributed by atoms with Gasteiger partial charge in [0.25, 0.3) is 0 Å². The zero-order chi connectivity index (χ0) is 31.2. The van der Waals surface area contributed by atoms with Crippen molar-refractivity contribution in [2.45, 2.75) is 116 Å². The predicted molar refractivity (Wildman–Crippen MR) is 173 cm³/mol. The number of nitrogens with zero attached hydrogens (tertiary/aromatic N) is 2. The number of β-amino-alcohol motifs (C(OH)–C–C–N with tert-alkyl or cyclic N) is 1. The lowest BCUT2D eigenvalue weighted by atomic mass is 9.76. The number of nitrogens with one attached hydrogen (secondary N) is 4. The average molecular weight is 617 g/mol. The third-order valence-corrected chi connectivity index (χ3v) is 11.2. The van der Waals surface area contributed by atoms with Gasteiger partial charge in [-0.2, -0.15) is 0 Å². The molecule has 2 aliphatic heterocycles. The molecule has 0 amide bonds. The van der Waals surface area contributed by atoms with E-state index in [2.05, 4.69) is 37.9 Å². The summed E-state index contributed by atoms with van der Waals surface area (Å²) in [5.74, 6) is 2.85. The van der Waals surface area contributed by atoms with E-state index < -0.39 is 29.5 Å². The molecular weight excluding hydrogens is 556 g/mol. The van der Waals surface area contributed by atoms with Crippen LogP contribution in [0, 0.1) is 34.0 Å². The molecule has 10 heteroatoms. The molecule has 0 aromatic rings. The second-order valence-corrected chi connectivity index (χ2v) is 15.0. The summed E-state index contributed by atoms with van der Waals surface area (Å²) in [6.07, 6.45) is 19.5. The molecule has 0 aromatic carbocycles. The lowest BCUT2D eigenvalue weighted by molar-refractivity contribution is -0.0362. The first-order valence-corrected chi connectivity index (χ1v) is 17.4. The van der Waals surface area contributed by atoms with Crippen molar-refractivity contribution in [2.24, 2.45) is 28.6 Å². The van der Waals surface area contributed by atoms with Gasteiger partial charge in [0.05, 0.1) is 31.8 Å². The second-order valence-electron chi connectivity index (χ2n) is 15.0. The van der Waals surface area contributed by atoms with Crippen molar-refractivity contribution in [1.29, 1.82) is 5.41 Å². The Morgan fingerprint density at radius 2 is 1.84 bits per heavy atom. The Morgan fingerprint density at radius 1 is 1.09 bits per heavy atom. The van der Waals surface area contributed by atoms with Crippen LogP contribution in [-0.2, 0) is 4.74 Å². The normalized spacial score (nSPS) is 30.8. The summed E-state index contributed by atoms with van der Waals surface area (Å²) in [7, 11) is 0. The summed E-state index contributed by atoms with van der Waals surface area (Å²) in [5, 5.41) is 50.9. The number of hydrogen-bond donors (Lipinski definition) is 7. The zero-order valence-corrected chi connectivity index (χ0v) is 27.2.